The lowest BCUT2D eigenvalue weighted by molar-refractivity contribution is 0.285. The van der Waals surface area contributed by atoms with Crippen molar-refractivity contribution >= 4 is 0 Å². The minimum absolute atomic E-state index is 0.257. The topological polar surface area (TPSA) is 20.2 Å². The lowest BCUT2D eigenvalue weighted by Gasteiger charge is -1.92. The molecule has 1 nitrogen and oxygen atoms in total. The van der Waals surface area contributed by atoms with E-state index in [4.69, 9.17) is 5.11 Å². The number of rotatable bonds is 5. The SMILES string of the molecule is CCCCC#Cc1ccc(C#CCCCCO)cc1. The minimum Gasteiger partial charge on any atom is -0.396 e. The highest BCUT2D eigenvalue weighted by Crippen LogP contribution is 2.03. The molecule has 0 aliphatic carbocycles. The van der Waals surface area contributed by atoms with Gasteiger partial charge in [-0.15, -0.1) is 0 Å². The van der Waals surface area contributed by atoms with Crippen LogP contribution in [0.25, 0.3) is 0 Å². The Hall–Kier alpha value is -1.70. The molecular formula is C18H22O. The van der Waals surface area contributed by atoms with Crippen molar-refractivity contribution in [2.24, 2.45) is 0 Å². The highest BCUT2D eigenvalue weighted by atomic mass is 16.2. The summed E-state index contributed by atoms with van der Waals surface area (Å²) in [6.45, 7) is 2.43. The standard InChI is InChI=1S/C18H22O/c1-2-3-4-7-10-17-12-14-18(15-13-17)11-8-5-6-9-16-19/h12-15,19H,2-6,9,16H2,1H3. The summed E-state index contributed by atoms with van der Waals surface area (Å²) >= 11 is 0. The predicted molar refractivity (Wildman–Crippen MR) is 80.7 cm³/mol. The molecule has 1 aromatic rings. The van der Waals surface area contributed by atoms with E-state index in [0.29, 0.717) is 0 Å². The lowest BCUT2D eigenvalue weighted by atomic mass is 10.1. The molecule has 0 fully saturated rings. The Bertz CT molecular complexity index is 462. The van der Waals surface area contributed by atoms with Gasteiger partial charge in [0.1, 0.15) is 0 Å². The molecule has 1 heteroatoms. The average Bonchev–Trinajstić information content (AvgIpc) is 2.45. The van der Waals surface area contributed by atoms with E-state index in [0.717, 1.165) is 36.8 Å². The zero-order chi connectivity index (χ0) is 13.8. The third-order valence-corrected chi connectivity index (χ3v) is 2.72. The van der Waals surface area contributed by atoms with Gasteiger partial charge in [0.05, 0.1) is 0 Å². The number of unbranched alkanes of at least 4 members (excludes halogenated alkanes) is 4. The van der Waals surface area contributed by atoms with Gasteiger partial charge < -0.3 is 5.11 Å². The van der Waals surface area contributed by atoms with Gasteiger partial charge in [0, 0.05) is 30.6 Å². The van der Waals surface area contributed by atoms with Crippen LogP contribution in [0.2, 0.25) is 0 Å². The molecule has 0 radical (unpaired) electrons. The lowest BCUT2D eigenvalue weighted by Crippen LogP contribution is -1.81. The molecule has 0 aliphatic heterocycles. The molecule has 0 bridgehead atoms. The Labute approximate surface area is 117 Å². The highest BCUT2D eigenvalue weighted by molar-refractivity contribution is 5.41. The third-order valence-electron chi connectivity index (χ3n) is 2.72. The van der Waals surface area contributed by atoms with Crippen molar-refractivity contribution in [3.63, 3.8) is 0 Å². The first kappa shape index (κ1) is 15.4. The van der Waals surface area contributed by atoms with Crippen LogP contribution in [0.3, 0.4) is 0 Å². The normalized spacial score (nSPS) is 9.16. The van der Waals surface area contributed by atoms with E-state index in [9.17, 15) is 0 Å². The first-order chi connectivity index (χ1) is 9.36. The molecule has 1 aromatic carbocycles. The maximum absolute atomic E-state index is 8.66. The molecule has 1 N–H and O–H groups in total. The summed E-state index contributed by atoms with van der Waals surface area (Å²) in [4.78, 5) is 0. The molecule has 0 heterocycles. The molecule has 0 atom stereocenters. The second kappa shape index (κ2) is 10.2. The molecule has 1 rings (SSSR count). The maximum Gasteiger partial charge on any atom is 0.0431 e. The molecule has 0 saturated heterocycles. The Kier molecular flexibility index (Phi) is 8.28. The van der Waals surface area contributed by atoms with E-state index in [1.165, 1.54) is 12.8 Å². The van der Waals surface area contributed by atoms with Crippen LogP contribution in [-0.4, -0.2) is 11.7 Å². The van der Waals surface area contributed by atoms with Crippen molar-refractivity contribution in [3.8, 4) is 23.7 Å². The van der Waals surface area contributed by atoms with Gasteiger partial charge in [-0.3, -0.25) is 0 Å². The summed E-state index contributed by atoms with van der Waals surface area (Å²) in [5.74, 6) is 12.6. The van der Waals surface area contributed by atoms with Crippen molar-refractivity contribution in [3.05, 3.63) is 35.4 Å². The summed E-state index contributed by atoms with van der Waals surface area (Å²) in [5, 5.41) is 8.66. The number of hydrogen-bond donors (Lipinski definition) is 1. The highest BCUT2D eigenvalue weighted by Gasteiger charge is 1.88. The van der Waals surface area contributed by atoms with Crippen LogP contribution in [-0.2, 0) is 0 Å². The van der Waals surface area contributed by atoms with Crippen LogP contribution in [0.5, 0.6) is 0 Å². The summed E-state index contributed by atoms with van der Waals surface area (Å²) < 4.78 is 0. The van der Waals surface area contributed by atoms with E-state index in [1.54, 1.807) is 0 Å². The van der Waals surface area contributed by atoms with Gasteiger partial charge in [-0.25, -0.2) is 0 Å². The molecule has 0 saturated carbocycles. The largest absolute Gasteiger partial charge is 0.396 e. The van der Waals surface area contributed by atoms with Crippen molar-refractivity contribution in [2.45, 2.75) is 45.4 Å². The first-order valence-electron chi connectivity index (χ1n) is 7.05. The number of aliphatic hydroxyl groups excluding tert-OH is 1. The number of aliphatic hydroxyl groups is 1. The summed E-state index contributed by atoms with van der Waals surface area (Å²) in [6, 6.07) is 8.08. The van der Waals surface area contributed by atoms with E-state index in [1.807, 2.05) is 24.3 Å². The Balaban J connectivity index is 2.44. The monoisotopic (exact) mass is 254 g/mol. The third kappa shape index (κ3) is 7.35. The van der Waals surface area contributed by atoms with E-state index < -0.39 is 0 Å². The number of hydrogen-bond acceptors (Lipinski definition) is 1. The second-order valence-electron chi connectivity index (χ2n) is 4.47. The Morgan fingerprint density at radius 3 is 1.84 bits per heavy atom. The molecule has 0 spiro atoms. The summed E-state index contributed by atoms with van der Waals surface area (Å²) in [5.41, 5.74) is 2.09. The van der Waals surface area contributed by atoms with Gasteiger partial charge in [0.15, 0.2) is 0 Å². The zero-order valence-electron chi connectivity index (χ0n) is 11.7. The second-order valence-corrected chi connectivity index (χ2v) is 4.47. The van der Waals surface area contributed by atoms with Crippen molar-refractivity contribution < 1.29 is 5.11 Å². The quantitative estimate of drug-likeness (QED) is 0.627. The van der Waals surface area contributed by atoms with Crippen LogP contribution < -0.4 is 0 Å². The fraction of sp³-hybridized carbons (Fsp3) is 0.444. The van der Waals surface area contributed by atoms with Crippen molar-refractivity contribution in [2.75, 3.05) is 6.61 Å². The molecule has 0 unspecified atom stereocenters. The Morgan fingerprint density at radius 1 is 0.842 bits per heavy atom. The van der Waals surface area contributed by atoms with Gasteiger partial charge in [0.2, 0.25) is 0 Å². The molecule has 100 valence electrons. The number of benzene rings is 1. The van der Waals surface area contributed by atoms with Gasteiger partial charge in [-0.05, 0) is 43.5 Å². The molecule has 0 amide bonds. The molecule has 0 aromatic heterocycles. The van der Waals surface area contributed by atoms with Crippen LogP contribution >= 0.6 is 0 Å². The summed E-state index contributed by atoms with van der Waals surface area (Å²) in [6.07, 6.45) is 5.98. The smallest absolute Gasteiger partial charge is 0.0431 e. The molecule has 19 heavy (non-hydrogen) atoms. The van der Waals surface area contributed by atoms with Crippen LogP contribution in [0.15, 0.2) is 24.3 Å². The maximum atomic E-state index is 8.66. The molecular weight excluding hydrogens is 232 g/mol. The van der Waals surface area contributed by atoms with Crippen LogP contribution in [0.4, 0.5) is 0 Å². The Morgan fingerprint density at radius 2 is 1.37 bits per heavy atom. The van der Waals surface area contributed by atoms with Crippen LogP contribution in [0, 0.1) is 23.7 Å². The van der Waals surface area contributed by atoms with Crippen molar-refractivity contribution in [1.82, 2.24) is 0 Å². The zero-order valence-corrected chi connectivity index (χ0v) is 11.7. The van der Waals surface area contributed by atoms with E-state index >= 15 is 0 Å². The average molecular weight is 254 g/mol. The predicted octanol–water partition coefficient (Wildman–Crippen LogP) is 3.74. The fourth-order valence-corrected chi connectivity index (χ4v) is 1.56. The first-order valence-corrected chi connectivity index (χ1v) is 7.05. The minimum atomic E-state index is 0.257. The van der Waals surface area contributed by atoms with Gasteiger partial charge in [-0.2, -0.15) is 0 Å². The molecule has 0 aliphatic rings. The van der Waals surface area contributed by atoms with Crippen molar-refractivity contribution in [1.29, 1.82) is 0 Å². The fourth-order valence-electron chi connectivity index (χ4n) is 1.56. The van der Waals surface area contributed by atoms with Gasteiger partial charge in [-0.1, -0.05) is 37.0 Å². The van der Waals surface area contributed by atoms with E-state index in [-0.39, 0.29) is 6.61 Å². The van der Waals surface area contributed by atoms with Gasteiger partial charge >= 0.3 is 0 Å². The van der Waals surface area contributed by atoms with E-state index in [2.05, 4.69) is 30.6 Å². The van der Waals surface area contributed by atoms with Gasteiger partial charge in [0.25, 0.3) is 0 Å². The summed E-state index contributed by atoms with van der Waals surface area (Å²) in [7, 11) is 0. The van der Waals surface area contributed by atoms with Crippen LogP contribution in [0.1, 0.15) is 56.6 Å².